The fourth-order valence-electron chi connectivity index (χ4n) is 3.17. The first kappa shape index (κ1) is 16.5. The molecule has 21 heavy (non-hydrogen) atoms. The Labute approximate surface area is 129 Å². The van der Waals surface area contributed by atoms with Crippen molar-refractivity contribution in [2.45, 2.75) is 44.9 Å². The molecule has 118 valence electrons. The second-order valence-corrected chi connectivity index (χ2v) is 8.91. The lowest BCUT2D eigenvalue weighted by atomic mass is 9.72. The molecule has 1 aromatic carbocycles. The second kappa shape index (κ2) is 6.09. The Bertz CT molecular complexity index is 595. The molecule has 0 fully saturated rings. The standard InChI is InChI=1S/C17H27NO2S/c1-5-17(4,12-18-10-13(2)3)15-11-21(19,20)16-9-7-6-8-14(15)16/h6-9,13,15,18H,5,10-12H2,1-4H3. The van der Waals surface area contributed by atoms with Crippen molar-refractivity contribution in [1.29, 1.82) is 0 Å². The van der Waals surface area contributed by atoms with Crippen LogP contribution >= 0.6 is 0 Å². The molecule has 0 radical (unpaired) electrons. The van der Waals surface area contributed by atoms with Crippen molar-refractivity contribution in [3.8, 4) is 0 Å². The normalized spacial score (nSPS) is 23.0. The fraction of sp³-hybridized carbons (Fsp3) is 0.647. The third kappa shape index (κ3) is 3.32. The van der Waals surface area contributed by atoms with E-state index in [-0.39, 0.29) is 17.1 Å². The van der Waals surface area contributed by atoms with Crippen molar-refractivity contribution in [2.24, 2.45) is 11.3 Å². The van der Waals surface area contributed by atoms with Crippen LogP contribution in [0.15, 0.2) is 29.2 Å². The molecule has 1 heterocycles. The SMILES string of the molecule is CCC(C)(CNCC(C)C)C1CS(=O)(=O)c2ccccc21. The molecule has 2 unspecified atom stereocenters. The van der Waals surface area contributed by atoms with Gasteiger partial charge in [0.05, 0.1) is 10.6 Å². The molecule has 0 aliphatic carbocycles. The van der Waals surface area contributed by atoms with Gasteiger partial charge in [-0.1, -0.05) is 45.9 Å². The number of sulfone groups is 1. The Morgan fingerprint density at radius 2 is 2.00 bits per heavy atom. The van der Waals surface area contributed by atoms with Crippen molar-refractivity contribution in [3.05, 3.63) is 29.8 Å². The highest BCUT2D eigenvalue weighted by Gasteiger charge is 2.43. The van der Waals surface area contributed by atoms with E-state index >= 15 is 0 Å². The predicted molar refractivity (Wildman–Crippen MR) is 87.3 cm³/mol. The maximum Gasteiger partial charge on any atom is 0.179 e. The minimum Gasteiger partial charge on any atom is -0.316 e. The molecule has 0 saturated heterocycles. The van der Waals surface area contributed by atoms with E-state index in [1.54, 1.807) is 6.07 Å². The number of benzene rings is 1. The maximum absolute atomic E-state index is 12.4. The molecule has 1 aromatic rings. The zero-order chi connectivity index (χ0) is 15.7. The molecule has 0 saturated carbocycles. The highest BCUT2D eigenvalue weighted by atomic mass is 32.2. The molecule has 0 bridgehead atoms. The number of nitrogens with one attached hydrogen (secondary N) is 1. The number of hydrogen-bond donors (Lipinski definition) is 1. The Morgan fingerprint density at radius 1 is 1.33 bits per heavy atom. The molecule has 1 aliphatic heterocycles. The van der Waals surface area contributed by atoms with Crippen LogP contribution in [0.25, 0.3) is 0 Å². The number of fused-ring (bicyclic) bond motifs is 1. The van der Waals surface area contributed by atoms with Gasteiger partial charge in [0.2, 0.25) is 0 Å². The molecule has 3 nitrogen and oxygen atoms in total. The summed E-state index contributed by atoms with van der Waals surface area (Å²) >= 11 is 0. The van der Waals surface area contributed by atoms with Gasteiger partial charge in [0.1, 0.15) is 0 Å². The van der Waals surface area contributed by atoms with Crippen LogP contribution < -0.4 is 5.32 Å². The van der Waals surface area contributed by atoms with E-state index in [4.69, 9.17) is 0 Å². The van der Waals surface area contributed by atoms with Gasteiger partial charge in [0.15, 0.2) is 9.84 Å². The summed E-state index contributed by atoms with van der Waals surface area (Å²) in [5.41, 5.74) is 0.974. The quantitative estimate of drug-likeness (QED) is 0.877. The summed E-state index contributed by atoms with van der Waals surface area (Å²) in [5.74, 6) is 0.939. The van der Waals surface area contributed by atoms with Gasteiger partial charge in [0, 0.05) is 12.5 Å². The Kier molecular flexibility index (Phi) is 4.79. The van der Waals surface area contributed by atoms with Crippen LogP contribution in [0, 0.1) is 11.3 Å². The minimum atomic E-state index is -3.12. The van der Waals surface area contributed by atoms with Gasteiger partial charge in [-0.15, -0.1) is 0 Å². The highest BCUT2D eigenvalue weighted by molar-refractivity contribution is 7.91. The van der Waals surface area contributed by atoms with E-state index in [2.05, 4.69) is 33.0 Å². The summed E-state index contributed by atoms with van der Waals surface area (Å²) in [6.07, 6.45) is 0.965. The van der Waals surface area contributed by atoms with Crippen molar-refractivity contribution in [2.75, 3.05) is 18.8 Å². The van der Waals surface area contributed by atoms with Gasteiger partial charge in [-0.2, -0.15) is 0 Å². The van der Waals surface area contributed by atoms with Crippen LogP contribution in [0.2, 0.25) is 0 Å². The molecule has 1 N–H and O–H groups in total. The first-order valence-corrected chi connectivity index (χ1v) is 9.48. The summed E-state index contributed by atoms with van der Waals surface area (Å²) < 4.78 is 24.8. The van der Waals surface area contributed by atoms with E-state index in [0.29, 0.717) is 10.8 Å². The second-order valence-electron chi connectivity index (χ2n) is 6.90. The molecular formula is C17H27NO2S. The van der Waals surface area contributed by atoms with E-state index < -0.39 is 9.84 Å². The van der Waals surface area contributed by atoms with Gasteiger partial charge in [-0.25, -0.2) is 8.42 Å². The van der Waals surface area contributed by atoms with E-state index in [9.17, 15) is 8.42 Å². The zero-order valence-corrected chi connectivity index (χ0v) is 14.3. The van der Waals surface area contributed by atoms with E-state index in [1.807, 2.05) is 18.2 Å². The summed E-state index contributed by atoms with van der Waals surface area (Å²) in [4.78, 5) is 0.540. The summed E-state index contributed by atoms with van der Waals surface area (Å²) in [7, 11) is -3.12. The van der Waals surface area contributed by atoms with Gasteiger partial charge in [0.25, 0.3) is 0 Å². The zero-order valence-electron chi connectivity index (χ0n) is 13.5. The summed E-state index contributed by atoms with van der Waals surface area (Å²) in [6, 6.07) is 7.51. The highest BCUT2D eigenvalue weighted by Crippen LogP contribution is 2.46. The van der Waals surface area contributed by atoms with Crippen molar-refractivity contribution >= 4 is 9.84 Å². The third-order valence-corrected chi connectivity index (χ3v) is 6.56. The van der Waals surface area contributed by atoms with E-state index in [1.165, 1.54) is 0 Å². The molecule has 0 amide bonds. The fourth-order valence-corrected chi connectivity index (χ4v) is 5.22. The Hall–Kier alpha value is -0.870. The van der Waals surface area contributed by atoms with Gasteiger partial charge in [-0.3, -0.25) is 0 Å². The lowest BCUT2D eigenvalue weighted by molar-refractivity contribution is 0.241. The Balaban J connectivity index is 2.27. The Morgan fingerprint density at radius 3 is 2.62 bits per heavy atom. The van der Waals surface area contributed by atoms with Crippen LogP contribution in [0.4, 0.5) is 0 Å². The van der Waals surface area contributed by atoms with Crippen LogP contribution in [0.3, 0.4) is 0 Å². The molecule has 1 aliphatic rings. The van der Waals surface area contributed by atoms with Crippen LogP contribution in [-0.2, 0) is 9.84 Å². The first-order valence-electron chi connectivity index (χ1n) is 7.82. The predicted octanol–water partition coefficient (Wildman–Crippen LogP) is 3.22. The maximum atomic E-state index is 12.4. The molecule has 2 rings (SSSR count). The number of hydrogen-bond acceptors (Lipinski definition) is 3. The van der Waals surface area contributed by atoms with Gasteiger partial charge < -0.3 is 5.32 Å². The molecule has 0 spiro atoms. The molecule has 0 aromatic heterocycles. The van der Waals surface area contributed by atoms with Crippen molar-refractivity contribution in [1.82, 2.24) is 5.32 Å². The lowest BCUT2D eigenvalue weighted by Gasteiger charge is -2.35. The first-order chi connectivity index (χ1) is 9.80. The molecule has 4 heteroatoms. The summed E-state index contributed by atoms with van der Waals surface area (Å²) in [6.45, 7) is 10.6. The monoisotopic (exact) mass is 309 g/mol. The smallest absolute Gasteiger partial charge is 0.179 e. The average molecular weight is 309 g/mol. The number of rotatable bonds is 6. The third-order valence-electron chi connectivity index (χ3n) is 4.75. The van der Waals surface area contributed by atoms with Crippen LogP contribution in [0.1, 0.15) is 45.6 Å². The molecular weight excluding hydrogens is 282 g/mol. The van der Waals surface area contributed by atoms with Crippen molar-refractivity contribution in [3.63, 3.8) is 0 Å². The molecule has 2 atom stereocenters. The van der Waals surface area contributed by atoms with Crippen LogP contribution in [0.5, 0.6) is 0 Å². The van der Waals surface area contributed by atoms with Gasteiger partial charge in [-0.05, 0) is 35.9 Å². The van der Waals surface area contributed by atoms with Crippen molar-refractivity contribution < 1.29 is 8.42 Å². The van der Waals surface area contributed by atoms with Gasteiger partial charge >= 0.3 is 0 Å². The van der Waals surface area contributed by atoms with Crippen LogP contribution in [-0.4, -0.2) is 27.3 Å². The topological polar surface area (TPSA) is 46.2 Å². The lowest BCUT2D eigenvalue weighted by Crippen LogP contribution is -2.38. The average Bonchev–Trinajstić information content (AvgIpc) is 2.71. The summed E-state index contributed by atoms with van der Waals surface area (Å²) in [5, 5.41) is 3.52. The van der Waals surface area contributed by atoms with E-state index in [0.717, 1.165) is 25.1 Å². The largest absolute Gasteiger partial charge is 0.316 e. The minimum absolute atomic E-state index is 0.0332.